The molecule has 0 fully saturated rings. The largest absolute Gasteiger partial charge is 0.507 e. The highest BCUT2D eigenvalue weighted by molar-refractivity contribution is 5.44. The van der Waals surface area contributed by atoms with E-state index in [1.54, 1.807) is 18.6 Å². The lowest BCUT2D eigenvalue weighted by molar-refractivity contribution is 0.231. The van der Waals surface area contributed by atoms with Gasteiger partial charge in [0.15, 0.2) is 0 Å². The first kappa shape index (κ1) is 29.0. The molecule has 0 saturated carbocycles. The Morgan fingerprint density at radius 1 is 0.571 bits per heavy atom. The fraction of sp³-hybridized carbons (Fsp3) is 0.235. The summed E-state index contributed by atoms with van der Waals surface area (Å²) >= 11 is 0. The molecule has 5 aromatic rings. The van der Waals surface area contributed by atoms with Gasteiger partial charge in [0.1, 0.15) is 5.75 Å². The molecule has 0 saturated heterocycles. The van der Waals surface area contributed by atoms with Crippen molar-refractivity contribution in [3.05, 3.63) is 149 Å². The Bertz CT molecular complexity index is 1510. The zero-order chi connectivity index (χ0) is 29.1. The molecule has 0 amide bonds. The van der Waals surface area contributed by atoms with Crippen molar-refractivity contribution in [3.63, 3.8) is 0 Å². The van der Waals surface area contributed by atoms with Gasteiger partial charge in [-0.1, -0.05) is 18.2 Å². The molecule has 5 rings (SSSR count). The zero-order valence-electron chi connectivity index (χ0n) is 24.0. The van der Waals surface area contributed by atoms with Crippen LogP contribution in [-0.4, -0.2) is 34.8 Å². The fourth-order valence-electron chi connectivity index (χ4n) is 5.08. The summed E-state index contributed by atoms with van der Waals surface area (Å²) in [5.41, 5.74) is 13.8. The van der Waals surface area contributed by atoms with E-state index >= 15 is 0 Å². The predicted octanol–water partition coefficient (Wildman–Crippen LogP) is 5.14. The Balaban J connectivity index is 1.44. The van der Waals surface area contributed by atoms with Crippen LogP contribution in [0.15, 0.2) is 104 Å². The van der Waals surface area contributed by atoms with Gasteiger partial charge in [-0.15, -0.1) is 0 Å². The molecule has 0 spiro atoms. The van der Waals surface area contributed by atoms with Crippen LogP contribution in [0, 0.1) is 6.92 Å². The van der Waals surface area contributed by atoms with E-state index in [-0.39, 0.29) is 5.75 Å². The third-order valence-electron chi connectivity index (χ3n) is 7.04. The first-order chi connectivity index (χ1) is 20.6. The van der Waals surface area contributed by atoms with E-state index in [4.69, 9.17) is 5.73 Å². The Hall–Kier alpha value is -4.50. The molecule has 4 heterocycles. The van der Waals surface area contributed by atoms with E-state index in [9.17, 15) is 5.11 Å². The van der Waals surface area contributed by atoms with Crippen molar-refractivity contribution in [2.24, 2.45) is 5.73 Å². The minimum absolute atomic E-state index is 0.280. The molecular weight excluding hydrogens is 522 g/mol. The van der Waals surface area contributed by atoms with Gasteiger partial charge in [0.2, 0.25) is 0 Å². The highest BCUT2D eigenvalue weighted by atomic mass is 16.3. The second kappa shape index (κ2) is 14.4. The van der Waals surface area contributed by atoms with Gasteiger partial charge in [-0.3, -0.25) is 29.7 Å². The second-order valence-corrected chi connectivity index (χ2v) is 10.5. The highest BCUT2D eigenvalue weighted by Gasteiger charge is 2.18. The number of benzene rings is 1. The van der Waals surface area contributed by atoms with Crippen LogP contribution >= 0.6 is 0 Å². The molecule has 0 unspecified atom stereocenters. The average Bonchev–Trinajstić information content (AvgIpc) is 3.00. The number of aromatic hydroxyl groups is 1. The summed E-state index contributed by atoms with van der Waals surface area (Å²) in [7, 11) is 0. The summed E-state index contributed by atoms with van der Waals surface area (Å²) < 4.78 is 0. The SMILES string of the molecule is Cc1ccnc(CN(Cc2ccccn2)Cc2cc(CN)cc(CN(Cc3ccccn3)Cc3ccccn3)c2O)c1. The van der Waals surface area contributed by atoms with Crippen molar-refractivity contribution in [1.29, 1.82) is 0 Å². The molecule has 42 heavy (non-hydrogen) atoms. The Kier molecular flexibility index (Phi) is 9.95. The predicted molar refractivity (Wildman–Crippen MR) is 164 cm³/mol. The van der Waals surface area contributed by atoms with E-state index in [0.29, 0.717) is 45.8 Å². The molecule has 0 bridgehead atoms. The summed E-state index contributed by atoms with van der Waals surface area (Å²) in [6.07, 6.45) is 7.25. The maximum Gasteiger partial charge on any atom is 0.124 e. The molecular formula is C34H37N7O. The first-order valence-electron chi connectivity index (χ1n) is 14.2. The van der Waals surface area contributed by atoms with Crippen LogP contribution in [0.5, 0.6) is 5.75 Å². The highest BCUT2D eigenvalue weighted by Crippen LogP contribution is 2.29. The van der Waals surface area contributed by atoms with Crippen LogP contribution in [0.2, 0.25) is 0 Å². The summed E-state index contributed by atoms with van der Waals surface area (Å²) in [5.74, 6) is 0.280. The summed E-state index contributed by atoms with van der Waals surface area (Å²) in [6, 6.07) is 25.9. The number of hydrogen-bond donors (Lipinski definition) is 2. The number of aromatic nitrogens is 4. The van der Waals surface area contributed by atoms with Gasteiger partial charge >= 0.3 is 0 Å². The smallest absolute Gasteiger partial charge is 0.124 e. The number of phenolic OH excluding ortho intramolecular Hbond substituents is 1. The third kappa shape index (κ3) is 8.27. The quantitative estimate of drug-likeness (QED) is 0.204. The van der Waals surface area contributed by atoms with E-state index in [1.807, 2.05) is 79.0 Å². The average molecular weight is 560 g/mol. The van der Waals surface area contributed by atoms with Gasteiger partial charge in [-0.2, -0.15) is 0 Å². The van der Waals surface area contributed by atoms with Crippen LogP contribution in [-0.2, 0) is 45.8 Å². The first-order valence-corrected chi connectivity index (χ1v) is 14.2. The van der Waals surface area contributed by atoms with Gasteiger partial charge in [0.25, 0.3) is 0 Å². The van der Waals surface area contributed by atoms with Gasteiger partial charge in [0, 0.05) is 81.7 Å². The number of aryl methyl sites for hydroxylation is 1. The van der Waals surface area contributed by atoms with Gasteiger partial charge < -0.3 is 10.8 Å². The number of phenols is 1. The fourth-order valence-corrected chi connectivity index (χ4v) is 5.08. The monoisotopic (exact) mass is 559 g/mol. The molecule has 0 atom stereocenters. The molecule has 0 radical (unpaired) electrons. The molecule has 8 nitrogen and oxygen atoms in total. The summed E-state index contributed by atoms with van der Waals surface area (Å²) in [6.45, 7) is 5.93. The number of hydrogen-bond acceptors (Lipinski definition) is 8. The van der Waals surface area contributed by atoms with Crippen LogP contribution in [0.4, 0.5) is 0 Å². The minimum Gasteiger partial charge on any atom is -0.507 e. The molecule has 0 aliphatic heterocycles. The molecule has 3 N–H and O–H groups in total. The van der Waals surface area contributed by atoms with Crippen LogP contribution in [0.1, 0.15) is 45.0 Å². The minimum atomic E-state index is 0.280. The zero-order valence-corrected chi connectivity index (χ0v) is 24.0. The van der Waals surface area contributed by atoms with E-state index in [1.165, 1.54) is 0 Å². The van der Waals surface area contributed by atoms with E-state index in [2.05, 4.69) is 42.7 Å². The van der Waals surface area contributed by atoms with Gasteiger partial charge in [-0.25, -0.2) is 0 Å². The molecule has 0 aliphatic carbocycles. The molecule has 8 heteroatoms. The van der Waals surface area contributed by atoms with Crippen LogP contribution in [0.3, 0.4) is 0 Å². The molecule has 1 aromatic carbocycles. The number of rotatable bonds is 13. The third-order valence-corrected chi connectivity index (χ3v) is 7.04. The van der Waals surface area contributed by atoms with Gasteiger partial charge in [0.05, 0.1) is 22.8 Å². The lowest BCUT2D eigenvalue weighted by Crippen LogP contribution is -2.25. The Labute approximate surface area is 247 Å². The topological polar surface area (TPSA) is 104 Å². The maximum absolute atomic E-state index is 11.7. The van der Waals surface area contributed by atoms with Crippen molar-refractivity contribution in [3.8, 4) is 5.75 Å². The molecule has 4 aromatic heterocycles. The molecule has 0 aliphatic rings. The second-order valence-electron chi connectivity index (χ2n) is 10.5. The Morgan fingerprint density at radius 3 is 1.43 bits per heavy atom. The van der Waals surface area contributed by atoms with Crippen molar-refractivity contribution >= 4 is 0 Å². The standard InChI is InChI=1S/C34H37N7O/c1-26-11-15-39-33(16-26)25-41(24-32-10-4-7-14-38-32)21-29-18-27(19-35)17-28(34(29)42)20-40(22-30-8-2-5-12-36-30)23-31-9-3-6-13-37-31/h2-18,42H,19-25,35H2,1H3. The van der Waals surface area contributed by atoms with Crippen molar-refractivity contribution in [1.82, 2.24) is 29.7 Å². The number of nitrogens with zero attached hydrogens (tertiary/aromatic N) is 6. The lowest BCUT2D eigenvalue weighted by atomic mass is 10.0. The maximum atomic E-state index is 11.7. The molecule has 214 valence electrons. The van der Waals surface area contributed by atoms with Crippen molar-refractivity contribution in [2.45, 2.75) is 52.7 Å². The van der Waals surface area contributed by atoms with Crippen molar-refractivity contribution in [2.75, 3.05) is 0 Å². The van der Waals surface area contributed by atoms with Crippen LogP contribution < -0.4 is 5.73 Å². The summed E-state index contributed by atoms with van der Waals surface area (Å²) in [5, 5.41) is 11.7. The number of pyridine rings is 4. The van der Waals surface area contributed by atoms with E-state index < -0.39 is 0 Å². The van der Waals surface area contributed by atoms with E-state index in [0.717, 1.165) is 45.0 Å². The Morgan fingerprint density at radius 2 is 1.02 bits per heavy atom. The van der Waals surface area contributed by atoms with Gasteiger partial charge in [-0.05, 0) is 78.7 Å². The van der Waals surface area contributed by atoms with Crippen LogP contribution in [0.25, 0.3) is 0 Å². The normalized spacial score (nSPS) is 11.3. The summed E-state index contributed by atoms with van der Waals surface area (Å²) in [4.78, 5) is 22.7. The van der Waals surface area contributed by atoms with Crippen molar-refractivity contribution < 1.29 is 5.11 Å². The lowest BCUT2D eigenvalue weighted by Gasteiger charge is -2.26. The number of nitrogens with two attached hydrogens (primary N) is 1.